The predicted molar refractivity (Wildman–Crippen MR) is 113 cm³/mol. The van der Waals surface area contributed by atoms with Gasteiger partial charge in [-0.2, -0.15) is 0 Å². The number of aryl methyl sites for hydroxylation is 1. The topological polar surface area (TPSA) is 67.5 Å². The molecule has 1 amide bonds. The fraction of sp³-hybridized carbons (Fsp3) is 0.227. The van der Waals surface area contributed by atoms with Crippen molar-refractivity contribution in [2.24, 2.45) is 4.99 Å². The molecule has 3 rings (SSSR count). The molecular formula is C22H22ClN3O2. The van der Waals surface area contributed by atoms with Crippen LogP contribution in [0.4, 0.5) is 0 Å². The number of hydrogen-bond acceptors (Lipinski definition) is 4. The Morgan fingerprint density at radius 2 is 2.04 bits per heavy atom. The minimum absolute atomic E-state index is 0.126. The van der Waals surface area contributed by atoms with Crippen LogP contribution in [0.1, 0.15) is 42.0 Å². The van der Waals surface area contributed by atoms with E-state index >= 15 is 0 Å². The second-order valence-corrected chi connectivity index (χ2v) is 6.85. The average molecular weight is 396 g/mol. The molecule has 1 aromatic heterocycles. The number of aliphatic imine (C=N–C) groups is 1. The van der Waals surface area contributed by atoms with E-state index in [1.807, 2.05) is 50.3 Å². The second kappa shape index (κ2) is 8.40. The first-order valence-electron chi connectivity index (χ1n) is 9.00. The van der Waals surface area contributed by atoms with Crippen molar-refractivity contribution in [3.8, 4) is 0 Å². The zero-order valence-electron chi connectivity index (χ0n) is 16.1. The zero-order valence-corrected chi connectivity index (χ0v) is 16.9. The van der Waals surface area contributed by atoms with E-state index < -0.39 is 6.04 Å². The van der Waals surface area contributed by atoms with E-state index in [9.17, 15) is 4.79 Å². The van der Waals surface area contributed by atoms with Crippen molar-refractivity contribution >= 4 is 28.8 Å². The maximum atomic E-state index is 12.1. The van der Waals surface area contributed by atoms with E-state index in [4.69, 9.17) is 21.1 Å². The fourth-order valence-electron chi connectivity index (χ4n) is 3.29. The third-order valence-electron chi connectivity index (χ3n) is 4.60. The largest absolute Gasteiger partial charge is 0.359 e. The van der Waals surface area contributed by atoms with E-state index in [1.54, 1.807) is 13.1 Å². The van der Waals surface area contributed by atoms with Gasteiger partial charge in [-0.3, -0.25) is 9.79 Å². The van der Waals surface area contributed by atoms with E-state index in [-0.39, 0.29) is 12.3 Å². The highest BCUT2D eigenvalue weighted by Crippen LogP contribution is 2.39. The number of aromatic nitrogens is 1. The van der Waals surface area contributed by atoms with Crippen LogP contribution in [0.5, 0.6) is 0 Å². The molecule has 0 fully saturated rings. The number of benzene rings is 1. The number of carbonyl (C=O) groups is 1. The lowest BCUT2D eigenvalue weighted by Crippen LogP contribution is -2.20. The van der Waals surface area contributed by atoms with Gasteiger partial charge < -0.3 is 9.84 Å². The number of rotatable bonds is 5. The van der Waals surface area contributed by atoms with E-state index in [2.05, 4.69) is 17.1 Å². The number of amides is 1. The Balaban J connectivity index is 2.31. The van der Waals surface area contributed by atoms with E-state index in [0.717, 1.165) is 33.7 Å². The Morgan fingerprint density at radius 1 is 1.32 bits per heavy atom. The summed E-state index contributed by atoms with van der Waals surface area (Å²) >= 11 is 6.06. The summed E-state index contributed by atoms with van der Waals surface area (Å²) in [5.74, 6) is 0.455. The Hall–Kier alpha value is -2.92. The monoisotopic (exact) mass is 395 g/mol. The summed E-state index contributed by atoms with van der Waals surface area (Å²) in [6.07, 6.45) is 5.88. The molecule has 1 aromatic carbocycles. The van der Waals surface area contributed by atoms with Crippen molar-refractivity contribution in [3.63, 3.8) is 0 Å². The van der Waals surface area contributed by atoms with Gasteiger partial charge in [0.25, 0.3) is 0 Å². The van der Waals surface area contributed by atoms with Crippen molar-refractivity contribution in [3.05, 3.63) is 82.2 Å². The van der Waals surface area contributed by atoms with Gasteiger partial charge in [0, 0.05) is 23.2 Å². The van der Waals surface area contributed by atoms with Crippen LogP contribution in [0, 0.1) is 6.92 Å². The van der Waals surface area contributed by atoms with Gasteiger partial charge in [0.1, 0.15) is 6.04 Å². The van der Waals surface area contributed by atoms with Gasteiger partial charge in [0.15, 0.2) is 5.76 Å². The molecule has 1 N–H and O–H groups in total. The molecule has 144 valence electrons. The highest BCUT2D eigenvalue weighted by atomic mass is 35.5. The molecule has 1 aliphatic heterocycles. The summed E-state index contributed by atoms with van der Waals surface area (Å²) < 4.78 is 5.64. The molecule has 0 aliphatic carbocycles. The maximum Gasteiger partial charge on any atom is 0.222 e. The molecule has 2 heterocycles. The minimum atomic E-state index is -0.500. The Morgan fingerprint density at radius 3 is 2.64 bits per heavy atom. The summed E-state index contributed by atoms with van der Waals surface area (Å²) in [5.41, 5.74) is 5.00. The van der Waals surface area contributed by atoms with Crippen LogP contribution in [0.2, 0.25) is 5.02 Å². The molecule has 0 spiro atoms. The van der Waals surface area contributed by atoms with Gasteiger partial charge >= 0.3 is 0 Å². The van der Waals surface area contributed by atoms with Gasteiger partial charge in [-0.1, -0.05) is 53.7 Å². The van der Waals surface area contributed by atoms with Crippen LogP contribution in [0.15, 0.2) is 64.2 Å². The SMILES string of the molecule is C=CC1=C(/C=C\C)c2c(C)noc2[C@H](CC(=O)NC)N=C1c1ccc(Cl)cc1. The fourth-order valence-corrected chi connectivity index (χ4v) is 3.41. The first-order valence-corrected chi connectivity index (χ1v) is 9.38. The first-order chi connectivity index (χ1) is 13.5. The third-order valence-corrected chi connectivity index (χ3v) is 4.86. The molecular weight excluding hydrogens is 374 g/mol. The Bertz CT molecular complexity index is 997. The predicted octanol–water partition coefficient (Wildman–Crippen LogP) is 4.83. The molecule has 1 aliphatic rings. The van der Waals surface area contributed by atoms with Crippen molar-refractivity contribution < 1.29 is 9.32 Å². The number of nitrogens with one attached hydrogen (secondary N) is 1. The van der Waals surface area contributed by atoms with Crippen molar-refractivity contribution in [2.75, 3.05) is 7.05 Å². The Kier molecular flexibility index (Phi) is 5.95. The summed E-state index contributed by atoms with van der Waals surface area (Å²) in [4.78, 5) is 17.1. The molecule has 1 atom stereocenters. The van der Waals surface area contributed by atoms with Crippen LogP contribution < -0.4 is 5.32 Å². The van der Waals surface area contributed by atoms with Gasteiger partial charge in [0.05, 0.1) is 23.4 Å². The number of hydrogen-bond donors (Lipinski definition) is 1. The van der Waals surface area contributed by atoms with Gasteiger partial charge in [0.2, 0.25) is 5.91 Å². The van der Waals surface area contributed by atoms with E-state index in [0.29, 0.717) is 10.8 Å². The molecule has 0 saturated heterocycles. The molecule has 6 heteroatoms. The summed E-state index contributed by atoms with van der Waals surface area (Å²) in [6, 6.07) is 6.96. The van der Waals surface area contributed by atoms with Crippen LogP contribution in [-0.4, -0.2) is 23.8 Å². The Labute approximate surface area is 169 Å². The van der Waals surface area contributed by atoms with Crippen molar-refractivity contribution in [1.29, 1.82) is 0 Å². The maximum absolute atomic E-state index is 12.1. The quantitative estimate of drug-likeness (QED) is 0.788. The minimum Gasteiger partial charge on any atom is -0.359 e. The standard InChI is InChI=1S/C22H22ClN3O2/c1-5-7-17-16(6-2)21(14-8-10-15(23)11-9-14)25-18(12-19(27)24-4)22-20(17)13(3)26-28-22/h5-11,18H,2,12H2,1,3-4H3,(H,24,27)/b7-5-/t18-/m0/s1. The van der Waals surface area contributed by atoms with Crippen LogP contribution in [-0.2, 0) is 4.79 Å². The number of fused-ring (bicyclic) bond motifs is 1. The summed E-state index contributed by atoms with van der Waals surface area (Å²) in [5, 5.41) is 7.44. The molecule has 0 radical (unpaired) electrons. The second-order valence-electron chi connectivity index (χ2n) is 6.42. The third kappa shape index (κ3) is 3.71. The van der Waals surface area contributed by atoms with Crippen LogP contribution in [0.25, 0.3) is 5.57 Å². The molecule has 0 unspecified atom stereocenters. The summed E-state index contributed by atoms with van der Waals surface area (Å²) in [6.45, 7) is 7.84. The molecule has 0 bridgehead atoms. The van der Waals surface area contributed by atoms with E-state index in [1.165, 1.54) is 0 Å². The lowest BCUT2D eigenvalue weighted by Gasteiger charge is -2.12. The summed E-state index contributed by atoms with van der Waals surface area (Å²) in [7, 11) is 1.61. The highest BCUT2D eigenvalue weighted by molar-refractivity contribution is 6.30. The number of carbonyl (C=O) groups excluding carboxylic acids is 1. The highest BCUT2D eigenvalue weighted by Gasteiger charge is 2.31. The normalized spacial score (nSPS) is 16.6. The zero-order chi connectivity index (χ0) is 20.3. The lowest BCUT2D eigenvalue weighted by molar-refractivity contribution is -0.121. The van der Waals surface area contributed by atoms with Crippen LogP contribution >= 0.6 is 11.6 Å². The molecule has 0 saturated carbocycles. The molecule has 2 aromatic rings. The average Bonchev–Trinajstić information content (AvgIpc) is 3.01. The van der Waals surface area contributed by atoms with Crippen LogP contribution in [0.3, 0.4) is 0 Å². The van der Waals surface area contributed by atoms with Crippen molar-refractivity contribution in [2.45, 2.75) is 26.3 Å². The molecule has 28 heavy (non-hydrogen) atoms. The first kappa shape index (κ1) is 19.8. The lowest BCUT2D eigenvalue weighted by atomic mass is 9.92. The number of allylic oxidation sites excluding steroid dienone is 5. The van der Waals surface area contributed by atoms with Gasteiger partial charge in [-0.25, -0.2) is 0 Å². The van der Waals surface area contributed by atoms with Crippen molar-refractivity contribution in [1.82, 2.24) is 10.5 Å². The smallest absolute Gasteiger partial charge is 0.222 e. The number of halogens is 1. The molecule has 5 nitrogen and oxygen atoms in total. The van der Waals surface area contributed by atoms with Gasteiger partial charge in [-0.05, 0) is 31.6 Å². The number of nitrogens with zero attached hydrogens (tertiary/aromatic N) is 2. The van der Waals surface area contributed by atoms with Gasteiger partial charge in [-0.15, -0.1) is 0 Å².